The van der Waals surface area contributed by atoms with Gasteiger partial charge in [-0.3, -0.25) is 0 Å². The van der Waals surface area contributed by atoms with Crippen molar-refractivity contribution in [3.05, 3.63) is 64.3 Å². The van der Waals surface area contributed by atoms with E-state index in [0.29, 0.717) is 64.7 Å². The summed E-state index contributed by atoms with van der Waals surface area (Å²) in [7, 11) is 0. The van der Waals surface area contributed by atoms with Crippen LogP contribution in [-0.4, -0.2) is 57.8 Å². The molecule has 3 heterocycles. The summed E-state index contributed by atoms with van der Waals surface area (Å²) in [5, 5.41) is 10.7. The summed E-state index contributed by atoms with van der Waals surface area (Å²) < 4.78 is 11.4. The van der Waals surface area contributed by atoms with Crippen molar-refractivity contribution in [1.29, 1.82) is 0 Å². The van der Waals surface area contributed by atoms with Crippen LogP contribution >= 0.6 is 23.2 Å². The lowest BCUT2D eigenvalue weighted by atomic mass is 10.1. The molecule has 0 bridgehead atoms. The Bertz CT molecular complexity index is 1200. The largest absolute Gasteiger partial charge is 0.444 e. The number of hydrogen-bond donors (Lipinski definition) is 1. The number of piperazine rings is 1. The summed E-state index contributed by atoms with van der Waals surface area (Å²) in [5.41, 5.74) is 1.41. The number of aliphatic hydroxyl groups is 1. The maximum atomic E-state index is 12.3. The quantitative estimate of drug-likeness (QED) is 0.446. The zero-order valence-corrected chi connectivity index (χ0v) is 21.9. The van der Waals surface area contributed by atoms with Crippen molar-refractivity contribution >= 4 is 35.1 Å². The lowest BCUT2D eigenvalue weighted by Crippen LogP contribution is -2.50. The van der Waals surface area contributed by atoms with Crippen molar-refractivity contribution in [2.75, 3.05) is 31.1 Å². The lowest BCUT2D eigenvalue weighted by molar-refractivity contribution is 0.0240. The Morgan fingerprint density at radius 2 is 1.72 bits per heavy atom. The second kappa shape index (κ2) is 10.9. The third-order valence-electron chi connectivity index (χ3n) is 5.40. The predicted molar refractivity (Wildman–Crippen MR) is 140 cm³/mol. The van der Waals surface area contributed by atoms with Gasteiger partial charge < -0.3 is 24.4 Å². The fraction of sp³-hybridized carbons (Fsp3) is 0.346. The van der Waals surface area contributed by atoms with Crippen molar-refractivity contribution in [2.24, 2.45) is 0 Å². The summed E-state index contributed by atoms with van der Waals surface area (Å²) in [5.74, 6) is 1.61. The van der Waals surface area contributed by atoms with Crippen LogP contribution in [-0.2, 0) is 11.3 Å². The number of amides is 1. The molecule has 4 rings (SSSR count). The highest BCUT2D eigenvalue weighted by atomic mass is 35.5. The normalized spacial score (nSPS) is 14.1. The van der Waals surface area contributed by atoms with E-state index in [4.69, 9.17) is 32.7 Å². The Labute approximate surface area is 220 Å². The number of nitrogens with zero attached hydrogens (tertiary/aromatic N) is 4. The van der Waals surface area contributed by atoms with Crippen LogP contribution < -0.4 is 9.64 Å². The number of aliphatic hydroxyl groups excluding tert-OH is 1. The monoisotopic (exact) mass is 530 g/mol. The molecule has 190 valence electrons. The van der Waals surface area contributed by atoms with Gasteiger partial charge in [-0.1, -0.05) is 23.2 Å². The van der Waals surface area contributed by atoms with E-state index in [1.165, 1.54) is 0 Å². The van der Waals surface area contributed by atoms with Gasteiger partial charge in [0.2, 0.25) is 5.88 Å². The Balaban J connectivity index is 1.43. The van der Waals surface area contributed by atoms with Gasteiger partial charge in [0.05, 0.1) is 18.5 Å². The van der Waals surface area contributed by atoms with E-state index < -0.39 is 5.60 Å². The Hall–Kier alpha value is -3.07. The molecule has 2 aromatic heterocycles. The first-order chi connectivity index (χ1) is 17.1. The Kier molecular flexibility index (Phi) is 7.88. The van der Waals surface area contributed by atoms with Crippen LogP contribution in [0, 0.1) is 0 Å². The maximum absolute atomic E-state index is 12.3. The average molecular weight is 531 g/mol. The second-order valence-electron chi connectivity index (χ2n) is 9.42. The molecule has 3 aromatic rings. The molecular weight excluding hydrogens is 503 g/mol. The molecule has 10 heteroatoms. The third-order valence-corrected chi connectivity index (χ3v) is 5.84. The molecule has 1 aliphatic rings. The smallest absolute Gasteiger partial charge is 0.410 e. The standard InChI is InChI=1S/C26H28Cl2N4O4/c1-26(2,3)36-25(34)32-8-6-31(7-9-32)23-5-4-21(15-29-23)35-24-11-17(16-33)10-22(30-24)18-12-19(27)14-20(28)13-18/h4-5,10-15,33H,6-9,16H2,1-3H3. The van der Waals surface area contributed by atoms with Crippen molar-refractivity contribution < 1.29 is 19.4 Å². The van der Waals surface area contributed by atoms with Gasteiger partial charge >= 0.3 is 6.09 Å². The third kappa shape index (κ3) is 6.78. The van der Waals surface area contributed by atoms with Crippen molar-refractivity contribution in [3.8, 4) is 22.9 Å². The molecule has 0 saturated carbocycles. The minimum Gasteiger partial charge on any atom is -0.444 e. The number of benzene rings is 1. The molecule has 1 saturated heterocycles. The fourth-order valence-electron chi connectivity index (χ4n) is 3.74. The van der Waals surface area contributed by atoms with E-state index in [-0.39, 0.29) is 12.7 Å². The Morgan fingerprint density at radius 3 is 2.31 bits per heavy atom. The van der Waals surface area contributed by atoms with Gasteiger partial charge in [-0.2, -0.15) is 0 Å². The first-order valence-corrected chi connectivity index (χ1v) is 12.3. The van der Waals surface area contributed by atoms with Gasteiger partial charge in [-0.25, -0.2) is 14.8 Å². The zero-order chi connectivity index (χ0) is 25.9. The van der Waals surface area contributed by atoms with Crippen LogP contribution in [0.5, 0.6) is 11.6 Å². The molecule has 0 unspecified atom stereocenters. The number of aromatic nitrogens is 2. The molecule has 1 aromatic carbocycles. The number of rotatable bonds is 5. The molecule has 1 aliphatic heterocycles. The van der Waals surface area contributed by atoms with Crippen LogP contribution in [0.15, 0.2) is 48.7 Å². The van der Waals surface area contributed by atoms with Crippen molar-refractivity contribution in [2.45, 2.75) is 33.0 Å². The number of pyridine rings is 2. The molecule has 36 heavy (non-hydrogen) atoms. The predicted octanol–water partition coefficient (Wildman–Crippen LogP) is 5.79. The van der Waals surface area contributed by atoms with Gasteiger partial charge in [-0.15, -0.1) is 0 Å². The minimum absolute atomic E-state index is 0.174. The van der Waals surface area contributed by atoms with Gasteiger partial charge in [0, 0.05) is 47.9 Å². The number of carbonyl (C=O) groups is 1. The van der Waals surface area contributed by atoms with Crippen LogP contribution in [0.3, 0.4) is 0 Å². The van der Waals surface area contributed by atoms with E-state index >= 15 is 0 Å². The van der Waals surface area contributed by atoms with E-state index in [1.807, 2.05) is 32.9 Å². The van der Waals surface area contributed by atoms with Gasteiger partial charge in [0.15, 0.2) is 0 Å². The highest BCUT2D eigenvalue weighted by Gasteiger charge is 2.26. The number of anilines is 1. The molecule has 0 radical (unpaired) electrons. The number of carbonyl (C=O) groups excluding carboxylic acids is 1. The van der Waals surface area contributed by atoms with Crippen LogP contribution in [0.2, 0.25) is 10.0 Å². The van der Waals surface area contributed by atoms with Crippen LogP contribution in [0.25, 0.3) is 11.3 Å². The lowest BCUT2D eigenvalue weighted by Gasteiger charge is -2.36. The van der Waals surface area contributed by atoms with Gasteiger partial charge in [0.1, 0.15) is 17.2 Å². The summed E-state index contributed by atoms with van der Waals surface area (Å²) in [4.78, 5) is 25.2. The highest BCUT2D eigenvalue weighted by molar-refractivity contribution is 6.35. The summed E-state index contributed by atoms with van der Waals surface area (Å²) in [6.07, 6.45) is 1.33. The SMILES string of the molecule is CC(C)(C)OC(=O)N1CCN(c2ccc(Oc3cc(CO)cc(-c4cc(Cl)cc(Cl)c4)n3)cn2)CC1. The molecule has 1 amide bonds. The van der Waals surface area contributed by atoms with Crippen molar-refractivity contribution in [1.82, 2.24) is 14.9 Å². The number of ether oxygens (including phenoxy) is 2. The fourth-order valence-corrected chi connectivity index (χ4v) is 4.26. The molecule has 8 nitrogen and oxygen atoms in total. The Morgan fingerprint density at radius 1 is 1.03 bits per heavy atom. The highest BCUT2D eigenvalue weighted by Crippen LogP contribution is 2.30. The first-order valence-electron chi connectivity index (χ1n) is 11.5. The van der Waals surface area contributed by atoms with E-state index in [2.05, 4.69) is 14.9 Å². The first kappa shape index (κ1) is 26.0. The average Bonchev–Trinajstić information content (AvgIpc) is 2.83. The summed E-state index contributed by atoms with van der Waals surface area (Å²) >= 11 is 12.3. The number of hydrogen-bond acceptors (Lipinski definition) is 7. The molecule has 0 atom stereocenters. The summed E-state index contributed by atoms with van der Waals surface area (Å²) in [6, 6.07) is 12.2. The minimum atomic E-state index is -0.515. The molecule has 0 aliphatic carbocycles. The molecule has 0 spiro atoms. The topological polar surface area (TPSA) is 88.0 Å². The zero-order valence-electron chi connectivity index (χ0n) is 20.4. The van der Waals surface area contributed by atoms with Gasteiger partial charge in [0.25, 0.3) is 0 Å². The van der Waals surface area contributed by atoms with Crippen LogP contribution in [0.4, 0.5) is 10.6 Å². The van der Waals surface area contributed by atoms with Crippen molar-refractivity contribution in [3.63, 3.8) is 0 Å². The second-order valence-corrected chi connectivity index (χ2v) is 10.3. The van der Waals surface area contributed by atoms with Crippen LogP contribution in [0.1, 0.15) is 26.3 Å². The van der Waals surface area contributed by atoms with Gasteiger partial charge in [-0.05, 0) is 62.7 Å². The number of halogens is 2. The van der Waals surface area contributed by atoms with E-state index in [1.54, 1.807) is 41.4 Å². The molecular formula is C26H28Cl2N4O4. The summed E-state index contributed by atoms with van der Waals surface area (Å²) in [6.45, 7) is 7.82. The molecule has 1 fully saturated rings. The molecule has 1 N–H and O–H groups in total. The van der Waals surface area contributed by atoms with E-state index in [0.717, 1.165) is 5.82 Å². The maximum Gasteiger partial charge on any atom is 0.410 e. The van der Waals surface area contributed by atoms with E-state index in [9.17, 15) is 9.90 Å².